The Labute approximate surface area is 186 Å². The van der Waals surface area contributed by atoms with E-state index in [1.165, 1.54) is 0 Å². The minimum absolute atomic E-state index is 0.0206. The van der Waals surface area contributed by atoms with Crippen molar-refractivity contribution >= 4 is 40.0 Å². The summed E-state index contributed by atoms with van der Waals surface area (Å²) in [5.74, 6) is -0.174. The first kappa shape index (κ1) is 20.5. The predicted molar refractivity (Wildman–Crippen MR) is 124 cm³/mol. The Morgan fingerprint density at radius 2 is 1.67 bits per heavy atom. The van der Waals surface area contributed by atoms with Gasteiger partial charge in [-0.25, -0.2) is 0 Å². The molecule has 0 aliphatic rings. The number of carbonyl (C=O) groups is 1. The van der Waals surface area contributed by atoms with E-state index >= 15 is 0 Å². The van der Waals surface area contributed by atoms with Crippen LogP contribution in [0.2, 0.25) is 10.0 Å². The van der Waals surface area contributed by atoms with Crippen LogP contribution >= 0.6 is 23.2 Å². The van der Waals surface area contributed by atoms with Gasteiger partial charge in [-0.05, 0) is 41.8 Å². The fourth-order valence-corrected chi connectivity index (χ4v) is 4.14. The largest absolute Gasteiger partial charge is 0.361 e. The van der Waals surface area contributed by atoms with E-state index < -0.39 is 0 Å². The molecule has 4 aromatic rings. The number of H-pyrrole nitrogens is 1. The summed E-state index contributed by atoms with van der Waals surface area (Å²) in [5, 5.41) is 5.20. The van der Waals surface area contributed by atoms with Crippen molar-refractivity contribution in [2.75, 3.05) is 0 Å². The number of aromatic amines is 1. The molecular weight excluding hydrogens is 415 g/mol. The van der Waals surface area contributed by atoms with Crippen molar-refractivity contribution in [2.45, 2.75) is 25.3 Å². The summed E-state index contributed by atoms with van der Waals surface area (Å²) in [6.45, 7) is 1.99. The van der Waals surface area contributed by atoms with Crippen LogP contribution in [0.1, 0.15) is 42.0 Å². The lowest BCUT2D eigenvalue weighted by atomic mass is 9.88. The van der Waals surface area contributed by atoms with Crippen LogP contribution in [0, 0.1) is 0 Å². The maximum Gasteiger partial charge on any atom is 0.221 e. The van der Waals surface area contributed by atoms with Crippen molar-refractivity contribution in [3.8, 4) is 0 Å². The third-order valence-corrected chi connectivity index (χ3v) is 6.15. The summed E-state index contributed by atoms with van der Waals surface area (Å²) in [6.07, 6.45) is 2.28. The Kier molecular flexibility index (Phi) is 6.12. The monoisotopic (exact) mass is 436 g/mol. The first-order valence-corrected chi connectivity index (χ1v) is 10.6. The molecule has 0 fully saturated rings. The molecule has 0 aliphatic heterocycles. The molecule has 1 amide bonds. The van der Waals surface area contributed by atoms with Gasteiger partial charge in [0.25, 0.3) is 0 Å². The zero-order valence-electron chi connectivity index (χ0n) is 16.5. The number of nitrogens with one attached hydrogen (secondary N) is 2. The highest BCUT2D eigenvalue weighted by atomic mass is 35.5. The molecule has 2 atom stereocenters. The molecular formula is C25H22Cl2N2O. The number of rotatable bonds is 6. The van der Waals surface area contributed by atoms with Crippen LogP contribution in [0.15, 0.2) is 79.0 Å². The highest BCUT2D eigenvalue weighted by molar-refractivity contribution is 6.42. The second-order valence-electron chi connectivity index (χ2n) is 7.42. The van der Waals surface area contributed by atoms with Gasteiger partial charge in [-0.2, -0.15) is 0 Å². The van der Waals surface area contributed by atoms with E-state index in [4.69, 9.17) is 23.2 Å². The van der Waals surface area contributed by atoms with Crippen LogP contribution in [0.4, 0.5) is 0 Å². The van der Waals surface area contributed by atoms with Crippen molar-refractivity contribution in [1.29, 1.82) is 0 Å². The lowest BCUT2D eigenvalue weighted by Gasteiger charge is -2.20. The van der Waals surface area contributed by atoms with Crippen LogP contribution in [0.5, 0.6) is 0 Å². The van der Waals surface area contributed by atoms with Gasteiger partial charge in [-0.3, -0.25) is 4.79 Å². The molecule has 30 heavy (non-hydrogen) atoms. The minimum atomic E-state index is -0.154. The van der Waals surface area contributed by atoms with Crippen LogP contribution in [0.3, 0.4) is 0 Å². The summed E-state index contributed by atoms with van der Waals surface area (Å²) in [7, 11) is 0. The molecule has 5 heteroatoms. The van der Waals surface area contributed by atoms with Crippen LogP contribution < -0.4 is 5.32 Å². The summed E-state index contributed by atoms with van der Waals surface area (Å²) >= 11 is 12.4. The molecule has 0 spiro atoms. The third kappa shape index (κ3) is 4.38. The Morgan fingerprint density at radius 1 is 0.933 bits per heavy atom. The molecule has 152 valence electrons. The number of fused-ring (bicyclic) bond motifs is 1. The number of benzene rings is 3. The molecule has 0 unspecified atom stereocenters. The lowest BCUT2D eigenvalue weighted by Crippen LogP contribution is -2.28. The smallest absolute Gasteiger partial charge is 0.221 e. The standard InChI is InChI=1S/C25H22Cl2N2O/c1-16(17-7-3-2-4-8-17)29-25(30)14-20(18-11-12-22(26)23(27)13-18)21-15-28-24-10-6-5-9-19(21)24/h2-13,15-16,20,28H,14H2,1H3,(H,29,30)/t16-,20-/m1/s1. The van der Waals surface area contributed by atoms with Gasteiger partial charge >= 0.3 is 0 Å². The highest BCUT2D eigenvalue weighted by Crippen LogP contribution is 2.36. The minimum Gasteiger partial charge on any atom is -0.361 e. The highest BCUT2D eigenvalue weighted by Gasteiger charge is 2.23. The molecule has 2 N–H and O–H groups in total. The fourth-order valence-electron chi connectivity index (χ4n) is 3.83. The van der Waals surface area contributed by atoms with Gasteiger partial charge in [-0.1, -0.05) is 77.8 Å². The Morgan fingerprint density at radius 3 is 2.43 bits per heavy atom. The van der Waals surface area contributed by atoms with Gasteiger partial charge in [0, 0.05) is 29.4 Å². The number of aromatic nitrogens is 1. The van der Waals surface area contributed by atoms with Crippen molar-refractivity contribution in [1.82, 2.24) is 10.3 Å². The van der Waals surface area contributed by atoms with E-state index in [2.05, 4.69) is 16.4 Å². The Bertz CT molecular complexity index is 1170. The van der Waals surface area contributed by atoms with Crippen LogP contribution in [-0.4, -0.2) is 10.9 Å². The zero-order valence-corrected chi connectivity index (χ0v) is 18.0. The van der Waals surface area contributed by atoms with E-state index in [1.54, 1.807) is 6.07 Å². The quantitative estimate of drug-likeness (QED) is 0.340. The molecule has 4 rings (SSSR count). The van der Waals surface area contributed by atoms with Crippen molar-refractivity contribution < 1.29 is 4.79 Å². The van der Waals surface area contributed by atoms with Crippen LogP contribution in [0.25, 0.3) is 10.9 Å². The average molecular weight is 437 g/mol. The normalized spacial score (nSPS) is 13.2. The first-order valence-electron chi connectivity index (χ1n) is 9.88. The first-order chi connectivity index (χ1) is 14.5. The number of hydrogen-bond donors (Lipinski definition) is 2. The Balaban J connectivity index is 1.65. The summed E-state index contributed by atoms with van der Waals surface area (Å²) in [4.78, 5) is 16.3. The molecule has 0 saturated carbocycles. The molecule has 0 bridgehead atoms. The number of carbonyl (C=O) groups excluding carboxylic acids is 1. The maximum absolute atomic E-state index is 13.0. The van der Waals surface area contributed by atoms with Gasteiger partial charge in [0.05, 0.1) is 16.1 Å². The SMILES string of the molecule is C[C@@H](NC(=O)C[C@H](c1ccc(Cl)c(Cl)c1)c1c[nH]c2ccccc12)c1ccccc1. The lowest BCUT2D eigenvalue weighted by molar-refractivity contribution is -0.121. The van der Waals surface area contributed by atoms with E-state index in [0.29, 0.717) is 16.5 Å². The summed E-state index contributed by atoms with van der Waals surface area (Å²) < 4.78 is 0. The molecule has 0 radical (unpaired) electrons. The topological polar surface area (TPSA) is 44.9 Å². The summed E-state index contributed by atoms with van der Waals surface area (Å²) in [5.41, 5.74) is 4.13. The average Bonchev–Trinajstić information content (AvgIpc) is 3.18. The van der Waals surface area contributed by atoms with Crippen molar-refractivity contribution in [3.05, 3.63) is 106 Å². The predicted octanol–water partition coefficient (Wildman–Crippen LogP) is 6.87. The zero-order chi connectivity index (χ0) is 21.1. The third-order valence-electron chi connectivity index (χ3n) is 5.41. The maximum atomic E-state index is 13.0. The molecule has 3 aromatic carbocycles. The van der Waals surface area contributed by atoms with E-state index in [1.807, 2.05) is 73.8 Å². The van der Waals surface area contributed by atoms with Gasteiger partial charge in [0.2, 0.25) is 5.91 Å². The number of hydrogen-bond acceptors (Lipinski definition) is 1. The van der Waals surface area contributed by atoms with E-state index in [-0.39, 0.29) is 17.9 Å². The van der Waals surface area contributed by atoms with Crippen LogP contribution in [-0.2, 0) is 4.79 Å². The van der Waals surface area contributed by atoms with Gasteiger partial charge in [0.1, 0.15) is 0 Å². The molecule has 3 nitrogen and oxygen atoms in total. The molecule has 1 heterocycles. The Hall–Kier alpha value is -2.75. The van der Waals surface area contributed by atoms with Crippen molar-refractivity contribution in [2.24, 2.45) is 0 Å². The fraction of sp³-hybridized carbons (Fsp3) is 0.160. The van der Waals surface area contributed by atoms with Gasteiger partial charge in [-0.15, -0.1) is 0 Å². The second kappa shape index (κ2) is 8.95. The van der Waals surface area contributed by atoms with E-state index in [0.717, 1.165) is 27.6 Å². The molecule has 0 aliphatic carbocycles. The summed E-state index contributed by atoms with van der Waals surface area (Å²) in [6, 6.07) is 23.5. The van der Waals surface area contributed by atoms with E-state index in [9.17, 15) is 4.79 Å². The number of halogens is 2. The van der Waals surface area contributed by atoms with Crippen molar-refractivity contribution in [3.63, 3.8) is 0 Å². The second-order valence-corrected chi connectivity index (χ2v) is 8.23. The number of amides is 1. The van der Waals surface area contributed by atoms with Gasteiger partial charge < -0.3 is 10.3 Å². The molecule has 0 saturated heterocycles. The number of para-hydroxylation sites is 1. The molecule has 1 aromatic heterocycles. The van der Waals surface area contributed by atoms with Gasteiger partial charge in [0.15, 0.2) is 0 Å².